The first-order valence-electron chi connectivity index (χ1n) is 6.22. The van der Waals surface area contributed by atoms with Gasteiger partial charge in [-0.05, 0) is 36.8 Å². The zero-order chi connectivity index (χ0) is 15.2. The van der Waals surface area contributed by atoms with E-state index in [1.165, 1.54) is 24.5 Å². The Kier molecular flexibility index (Phi) is 4.64. The van der Waals surface area contributed by atoms with Gasteiger partial charge in [-0.15, -0.1) is 0 Å². The van der Waals surface area contributed by atoms with Crippen LogP contribution in [0.3, 0.4) is 0 Å². The van der Waals surface area contributed by atoms with Crippen LogP contribution in [0.5, 0.6) is 0 Å². The van der Waals surface area contributed by atoms with Crippen molar-refractivity contribution in [3.8, 4) is 11.8 Å². The number of aliphatic hydroxyl groups excluding tert-OH is 1. The Bertz CT molecular complexity index is 733. The predicted molar refractivity (Wildman–Crippen MR) is 77.3 cm³/mol. The molecule has 4 nitrogen and oxygen atoms in total. The first-order valence-corrected chi connectivity index (χ1v) is 6.22. The number of hydrogen-bond donors (Lipinski definition) is 2. The fourth-order valence-electron chi connectivity index (χ4n) is 1.70. The first-order chi connectivity index (χ1) is 10.1. The highest BCUT2D eigenvalue weighted by atomic mass is 19.1. The van der Waals surface area contributed by atoms with Crippen LogP contribution in [0, 0.1) is 24.6 Å². The van der Waals surface area contributed by atoms with Crippen LogP contribution in [0.15, 0.2) is 36.7 Å². The number of amides is 1. The van der Waals surface area contributed by atoms with Crippen LogP contribution in [0.4, 0.5) is 10.1 Å². The highest BCUT2D eigenvalue weighted by Crippen LogP contribution is 2.14. The molecule has 0 fully saturated rings. The SMILES string of the molecule is Cc1cc(NC(=O)c2cncc(C#CCO)c2)ccc1F. The molecule has 1 aromatic heterocycles. The molecule has 0 atom stereocenters. The Morgan fingerprint density at radius 3 is 2.90 bits per heavy atom. The van der Waals surface area contributed by atoms with Crippen LogP contribution in [0.1, 0.15) is 21.5 Å². The zero-order valence-corrected chi connectivity index (χ0v) is 11.4. The maximum Gasteiger partial charge on any atom is 0.257 e. The molecule has 2 rings (SSSR count). The molecule has 0 unspecified atom stereocenters. The normalized spacial score (nSPS) is 9.67. The molecular formula is C16H13FN2O2. The van der Waals surface area contributed by atoms with Crippen LogP contribution in [0.2, 0.25) is 0 Å². The second kappa shape index (κ2) is 6.64. The molecule has 106 valence electrons. The fourth-order valence-corrected chi connectivity index (χ4v) is 1.70. The van der Waals surface area contributed by atoms with E-state index in [-0.39, 0.29) is 18.3 Å². The summed E-state index contributed by atoms with van der Waals surface area (Å²) in [6.45, 7) is 1.36. The molecule has 5 heteroatoms. The van der Waals surface area contributed by atoms with E-state index in [4.69, 9.17) is 5.11 Å². The van der Waals surface area contributed by atoms with Gasteiger partial charge in [0.2, 0.25) is 0 Å². The van der Waals surface area contributed by atoms with Crippen LogP contribution in [0.25, 0.3) is 0 Å². The quantitative estimate of drug-likeness (QED) is 0.830. The number of pyridine rings is 1. The minimum absolute atomic E-state index is 0.259. The van der Waals surface area contributed by atoms with Gasteiger partial charge in [0, 0.05) is 23.6 Å². The van der Waals surface area contributed by atoms with Gasteiger partial charge in [-0.2, -0.15) is 0 Å². The van der Waals surface area contributed by atoms with Crippen LogP contribution in [-0.2, 0) is 0 Å². The molecule has 0 saturated heterocycles. The summed E-state index contributed by atoms with van der Waals surface area (Å²) in [5, 5.41) is 11.3. The molecule has 0 radical (unpaired) electrons. The van der Waals surface area contributed by atoms with Crippen molar-refractivity contribution in [2.24, 2.45) is 0 Å². The summed E-state index contributed by atoms with van der Waals surface area (Å²) in [5.74, 6) is 4.48. The summed E-state index contributed by atoms with van der Waals surface area (Å²) in [7, 11) is 0. The van der Waals surface area contributed by atoms with Crippen molar-refractivity contribution in [1.82, 2.24) is 4.98 Å². The number of anilines is 1. The topological polar surface area (TPSA) is 62.2 Å². The molecule has 1 aromatic carbocycles. The lowest BCUT2D eigenvalue weighted by Crippen LogP contribution is -2.12. The molecular weight excluding hydrogens is 271 g/mol. The van der Waals surface area contributed by atoms with Crippen LogP contribution < -0.4 is 5.32 Å². The summed E-state index contributed by atoms with van der Waals surface area (Å²) in [5.41, 5.74) is 1.83. The lowest BCUT2D eigenvalue weighted by atomic mass is 10.1. The average molecular weight is 284 g/mol. The molecule has 0 saturated carbocycles. The molecule has 1 amide bonds. The maximum absolute atomic E-state index is 13.2. The van der Waals surface area contributed by atoms with Gasteiger partial charge < -0.3 is 10.4 Å². The number of aliphatic hydroxyl groups is 1. The summed E-state index contributed by atoms with van der Waals surface area (Å²) in [6.07, 6.45) is 2.91. The second-order valence-corrected chi connectivity index (χ2v) is 4.34. The Balaban J connectivity index is 2.18. The molecule has 1 heterocycles. The van der Waals surface area contributed by atoms with E-state index in [1.54, 1.807) is 19.1 Å². The number of carbonyl (C=O) groups excluding carboxylic acids is 1. The molecule has 0 bridgehead atoms. The smallest absolute Gasteiger partial charge is 0.257 e. The molecule has 2 N–H and O–H groups in total. The third kappa shape index (κ3) is 3.88. The van der Waals surface area contributed by atoms with Crippen molar-refractivity contribution in [1.29, 1.82) is 0 Å². The van der Waals surface area contributed by atoms with E-state index in [2.05, 4.69) is 22.1 Å². The van der Waals surface area contributed by atoms with Crippen molar-refractivity contribution in [3.63, 3.8) is 0 Å². The third-order valence-corrected chi connectivity index (χ3v) is 2.73. The number of hydrogen-bond acceptors (Lipinski definition) is 3. The largest absolute Gasteiger partial charge is 0.384 e. The number of aryl methyl sites for hydroxylation is 1. The number of halogens is 1. The summed E-state index contributed by atoms with van der Waals surface area (Å²) >= 11 is 0. The van der Waals surface area contributed by atoms with Crippen molar-refractivity contribution < 1.29 is 14.3 Å². The highest BCUT2D eigenvalue weighted by Gasteiger charge is 2.08. The molecule has 0 spiro atoms. The molecule has 2 aromatic rings. The Hall–Kier alpha value is -2.71. The minimum Gasteiger partial charge on any atom is -0.384 e. The van der Waals surface area contributed by atoms with Gasteiger partial charge in [0.05, 0.1) is 5.56 Å². The highest BCUT2D eigenvalue weighted by molar-refractivity contribution is 6.04. The standard InChI is InChI=1S/C16H13FN2O2/c1-11-7-14(4-5-15(11)17)19-16(21)13-8-12(3-2-6-20)9-18-10-13/h4-5,7-10,20H,6H2,1H3,(H,19,21). The lowest BCUT2D eigenvalue weighted by molar-refractivity contribution is 0.102. The summed E-state index contributed by atoms with van der Waals surface area (Å²) in [6, 6.07) is 5.91. The molecule has 0 aliphatic carbocycles. The van der Waals surface area contributed by atoms with Gasteiger partial charge in [-0.3, -0.25) is 9.78 Å². The van der Waals surface area contributed by atoms with Gasteiger partial charge in [0.1, 0.15) is 12.4 Å². The number of nitrogens with one attached hydrogen (secondary N) is 1. The number of benzene rings is 1. The van der Waals surface area contributed by atoms with E-state index in [1.807, 2.05) is 0 Å². The van der Waals surface area contributed by atoms with Crippen molar-refractivity contribution in [2.75, 3.05) is 11.9 Å². The zero-order valence-electron chi connectivity index (χ0n) is 11.4. The Morgan fingerprint density at radius 2 is 2.19 bits per heavy atom. The third-order valence-electron chi connectivity index (χ3n) is 2.73. The average Bonchev–Trinajstić information content (AvgIpc) is 2.49. The first kappa shape index (κ1) is 14.7. The van der Waals surface area contributed by atoms with Crippen molar-refractivity contribution in [2.45, 2.75) is 6.92 Å². The Labute approximate surface area is 121 Å². The van der Waals surface area contributed by atoms with Crippen LogP contribution >= 0.6 is 0 Å². The summed E-state index contributed by atoms with van der Waals surface area (Å²) in [4.78, 5) is 16.0. The monoisotopic (exact) mass is 284 g/mol. The fraction of sp³-hybridized carbons (Fsp3) is 0.125. The number of nitrogens with zero attached hydrogens (tertiary/aromatic N) is 1. The number of rotatable bonds is 2. The maximum atomic E-state index is 13.2. The van der Waals surface area contributed by atoms with E-state index >= 15 is 0 Å². The van der Waals surface area contributed by atoms with Gasteiger partial charge in [-0.1, -0.05) is 11.8 Å². The van der Waals surface area contributed by atoms with Gasteiger partial charge in [0.25, 0.3) is 5.91 Å². The number of aromatic nitrogens is 1. The lowest BCUT2D eigenvalue weighted by Gasteiger charge is -2.06. The van der Waals surface area contributed by atoms with E-state index in [9.17, 15) is 9.18 Å². The second-order valence-electron chi connectivity index (χ2n) is 4.34. The molecule has 0 aliphatic heterocycles. The van der Waals surface area contributed by atoms with Gasteiger partial charge >= 0.3 is 0 Å². The number of carbonyl (C=O) groups is 1. The molecule has 0 aliphatic rings. The van der Waals surface area contributed by atoms with E-state index in [0.717, 1.165) is 0 Å². The van der Waals surface area contributed by atoms with Gasteiger partial charge in [-0.25, -0.2) is 4.39 Å². The predicted octanol–water partition coefficient (Wildman–Crippen LogP) is 2.13. The van der Waals surface area contributed by atoms with Crippen LogP contribution in [-0.4, -0.2) is 22.6 Å². The van der Waals surface area contributed by atoms with E-state index in [0.29, 0.717) is 22.4 Å². The van der Waals surface area contributed by atoms with Crippen molar-refractivity contribution >= 4 is 11.6 Å². The van der Waals surface area contributed by atoms with E-state index < -0.39 is 0 Å². The molecule has 21 heavy (non-hydrogen) atoms. The van der Waals surface area contributed by atoms with Gasteiger partial charge in [0.15, 0.2) is 0 Å². The summed E-state index contributed by atoms with van der Waals surface area (Å²) < 4.78 is 13.2. The van der Waals surface area contributed by atoms with Crippen molar-refractivity contribution in [3.05, 3.63) is 59.2 Å². The Morgan fingerprint density at radius 1 is 1.38 bits per heavy atom. The minimum atomic E-state index is -0.360.